The van der Waals surface area contributed by atoms with E-state index >= 15 is 0 Å². The first-order chi connectivity index (χ1) is 3.13. The van der Waals surface area contributed by atoms with E-state index in [4.69, 9.17) is 5.11 Å². The Morgan fingerprint density at radius 3 is 2.43 bits per heavy atom. The highest BCUT2D eigenvalue weighted by molar-refractivity contribution is 5.67. The minimum Gasteiger partial charge on any atom is -0.477 e. The zero-order chi connectivity index (χ0) is 5.86. The van der Waals surface area contributed by atoms with E-state index in [9.17, 15) is 4.79 Å². The first-order valence-corrected chi connectivity index (χ1v) is 1.86. The molecule has 0 radical (unpaired) electrons. The summed E-state index contributed by atoms with van der Waals surface area (Å²) in [5, 5.41) is 8.00. The molecular formula is C4H8NO2+. The highest BCUT2D eigenvalue weighted by atomic mass is 16.4. The van der Waals surface area contributed by atoms with Crippen LogP contribution in [0.25, 0.3) is 0 Å². The summed E-state index contributed by atoms with van der Waals surface area (Å²) in [5.41, 5.74) is 0. The van der Waals surface area contributed by atoms with Gasteiger partial charge < -0.3 is 5.11 Å². The first-order valence-electron chi connectivity index (χ1n) is 1.86. The Bertz CT molecular complexity index is 85.9. The molecule has 7 heavy (non-hydrogen) atoms. The summed E-state index contributed by atoms with van der Waals surface area (Å²) < 4.78 is 1.35. The van der Waals surface area contributed by atoms with Crippen LogP contribution in [0.1, 0.15) is 0 Å². The molecule has 0 spiro atoms. The van der Waals surface area contributed by atoms with E-state index in [1.54, 1.807) is 7.05 Å². The Hall–Kier alpha value is -0.860. The molecule has 0 aromatic rings. The molecule has 40 valence electrons. The molecule has 0 amide bonds. The number of likely N-dealkylation sites (N-methyl/N-ethyl adjacent to an activating group) is 1. The number of carbonyl (C=O) groups is 1. The van der Waals surface area contributed by atoms with Crippen molar-refractivity contribution in [2.45, 2.75) is 0 Å². The van der Waals surface area contributed by atoms with E-state index in [1.165, 1.54) is 4.58 Å². The Kier molecular flexibility index (Phi) is 2.05. The second-order valence-corrected chi connectivity index (χ2v) is 1.41. The average Bonchev–Trinajstić information content (AvgIpc) is 1.27. The highest BCUT2D eigenvalue weighted by Gasteiger charge is 1.98. The molecule has 0 heterocycles. The van der Waals surface area contributed by atoms with Gasteiger partial charge in [0.15, 0.2) is 0 Å². The lowest BCUT2D eigenvalue weighted by molar-refractivity contribution is -0.478. The predicted octanol–water partition coefficient (Wildman–Crippen LogP) is -0.586. The second kappa shape index (κ2) is 2.34. The molecule has 0 unspecified atom stereocenters. The SMILES string of the molecule is C=[N+](C)CC(=O)O. The number of aliphatic carboxylic acids is 1. The first kappa shape index (κ1) is 6.14. The van der Waals surface area contributed by atoms with E-state index < -0.39 is 5.97 Å². The number of hydrogen-bond acceptors (Lipinski definition) is 1. The summed E-state index contributed by atoms with van der Waals surface area (Å²) >= 11 is 0. The van der Waals surface area contributed by atoms with Gasteiger partial charge in [-0.15, -0.1) is 0 Å². The Morgan fingerprint density at radius 1 is 2.00 bits per heavy atom. The molecule has 0 aromatic carbocycles. The molecule has 0 aliphatic heterocycles. The molecule has 0 aliphatic carbocycles. The Morgan fingerprint density at radius 2 is 2.43 bits per heavy atom. The molecule has 0 saturated heterocycles. The molecule has 3 heteroatoms. The third kappa shape index (κ3) is 5.14. The van der Waals surface area contributed by atoms with Gasteiger partial charge in [0.25, 0.3) is 0 Å². The van der Waals surface area contributed by atoms with Gasteiger partial charge in [-0.1, -0.05) is 0 Å². The van der Waals surface area contributed by atoms with Crippen LogP contribution in [0, 0.1) is 0 Å². The molecule has 0 aliphatic rings. The molecule has 0 rings (SSSR count). The summed E-state index contributed by atoms with van der Waals surface area (Å²) in [6.45, 7) is 3.33. The summed E-state index contributed by atoms with van der Waals surface area (Å²) in [4.78, 5) is 9.73. The van der Waals surface area contributed by atoms with Crippen LogP contribution in [-0.4, -0.2) is 36.0 Å². The normalized spacial score (nSPS) is 8.14. The number of nitrogens with zero attached hydrogens (tertiary/aromatic N) is 1. The topological polar surface area (TPSA) is 40.3 Å². The van der Waals surface area contributed by atoms with Crippen molar-refractivity contribution in [3.8, 4) is 0 Å². The zero-order valence-corrected chi connectivity index (χ0v) is 4.22. The van der Waals surface area contributed by atoms with Gasteiger partial charge in [0.05, 0.1) is 0 Å². The summed E-state index contributed by atoms with van der Waals surface area (Å²) in [5.74, 6) is -0.850. The van der Waals surface area contributed by atoms with Gasteiger partial charge in [0.2, 0.25) is 6.54 Å². The fraction of sp³-hybridized carbons (Fsp3) is 0.500. The third-order valence-corrected chi connectivity index (χ3v) is 0.405. The van der Waals surface area contributed by atoms with Crippen LogP contribution in [0.15, 0.2) is 0 Å². The maximum atomic E-state index is 9.73. The van der Waals surface area contributed by atoms with Crippen molar-refractivity contribution in [1.82, 2.24) is 0 Å². The molecular weight excluding hydrogens is 94.0 g/mol. The van der Waals surface area contributed by atoms with E-state index in [0.717, 1.165) is 0 Å². The maximum Gasteiger partial charge on any atom is 0.369 e. The molecule has 0 atom stereocenters. The minimum atomic E-state index is -0.850. The van der Waals surface area contributed by atoms with Crippen molar-refractivity contribution in [1.29, 1.82) is 0 Å². The largest absolute Gasteiger partial charge is 0.477 e. The monoisotopic (exact) mass is 102 g/mol. The van der Waals surface area contributed by atoms with Crippen LogP contribution in [0.4, 0.5) is 0 Å². The molecule has 0 aromatic heterocycles. The van der Waals surface area contributed by atoms with E-state index in [-0.39, 0.29) is 6.54 Å². The van der Waals surface area contributed by atoms with E-state index in [0.29, 0.717) is 0 Å². The van der Waals surface area contributed by atoms with Gasteiger partial charge >= 0.3 is 5.97 Å². The summed E-state index contributed by atoms with van der Waals surface area (Å²) in [6.07, 6.45) is 0. The quantitative estimate of drug-likeness (QED) is 0.374. The zero-order valence-electron chi connectivity index (χ0n) is 4.22. The van der Waals surface area contributed by atoms with Crippen molar-refractivity contribution < 1.29 is 14.5 Å². The van der Waals surface area contributed by atoms with E-state index in [2.05, 4.69) is 6.72 Å². The molecule has 3 nitrogen and oxygen atoms in total. The van der Waals surface area contributed by atoms with Crippen molar-refractivity contribution in [2.24, 2.45) is 0 Å². The minimum absolute atomic E-state index is 0. The standard InChI is InChI=1S/C4H7NO2/c1-5(2)3-4(6)7/h1,3H2,2H3/p+1. The molecule has 0 fully saturated rings. The molecule has 1 N–H and O–H groups in total. The van der Waals surface area contributed by atoms with Gasteiger partial charge in [0.1, 0.15) is 13.8 Å². The molecule has 0 saturated carbocycles. The summed E-state index contributed by atoms with van der Waals surface area (Å²) in [7, 11) is 1.61. The lowest BCUT2D eigenvalue weighted by Crippen LogP contribution is -2.13. The maximum absolute atomic E-state index is 9.73. The van der Waals surface area contributed by atoms with Crippen LogP contribution in [0.5, 0.6) is 0 Å². The number of carboxylic acids is 1. The van der Waals surface area contributed by atoms with Gasteiger partial charge in [-0.2, -0.15) is 0 Å². The van der Waals surface area contributed by atoms with Crippen LogP contribution in [-0.2, 0) is 4.79 Å². The lowest BCUT2D eigenvalue weighted by atomic mass is 10.6. The van der Waals surface area contributed by atoms with Gasteiger partial charge in [0, 0.05) is 0 Å². The van der Waals surface area contributed by atoms with Gasteiger partial charge in [-0.25, -0.2) is 9.37 Å². The average molecular weight is 102 g/mol. The fourth-order valence-corrected chi connectivity index (χ4v) is 0.231. The molecule has 0 bridgehead atoms. The van der Waals surface area contributed by atoms with Crippen LogP contribution in [0.2, 0.25) is 0 Å². The van der Waals surface area contributed by atoms with Crippen molar-refractivity contribution >= 4 is 12.7 Å². The van der Waals surface area contributed by atoms with E-state index in [1.807, 2.05) is 0 Å². The second-order valence-electron chi connectivity index (χ2n) is 1.41. The fourth-order valence-electron chi connectivity index (χ4n) is 0.231. The van der Waals surface area contributed by atoms with Crippen LogP contribution < -0.4 is 0 Å². The predicted molar refractivity (Wildman–Crippen MR) is 25.8 cm³/mol. The highest BCUT2D eigenvalue weighted by Crippen LogP contribution is 1.61. The van der Waals surface area contributed by atoms with Gasteiger partial charge in [-0.05, 0) is 0 Å². The van der Waals surface area contributed by atoms with Crippen molar-refractivity contribution in [2.75, 3.05) is 13.6 Å². The number of hydrogen-bond donors (Lipinski definition) is 1. The van der Waals surface area contributed by atoms with Crippen molar-refractivity contribution in [3.05, 3.63) is 0 Å². The van der Waals surface area contributed by atoms with Gasteiger partial charge in [-0.3, -0.25) is 0 Å². The van der Waals surface area contributed by atoms with Crippen molar-refractivity contribution in [3.63, 3.8) is 0 Å². The number of carboxylic acid groups (broad SMARTS) is 1. The number of rotatable bonds is 2. The van der Waals surface area contributed by atoms with Crippen LogP contribution in [0.3, 0.4) is 0 Å². The smallest absolute Gasteiger partial charge is 0.369 e. The third-order valence-electron chi connectivity index (χ3n) is 0.405. The Labute approximate surface area is 41.9 Å². The van der Waals surface area contributed by atoms with Crippen LogP contribution >= 0.6 is 0 Å². The lowest BCUT2D eigenvalue weighted by Gasteiger charge is -1.83. The Balaban J connectivity index is 3.32. The summed E-state index contributed by atoms with van der Waals surface area (Å²) in [6, 6.07) is 0.